The van der Waals surface area contributed by atoms with Crippen LogP contribution in [0.5, 0.6) is 0 Å². The molecule has 0 atom stereocenters. The zero-order valence-electron chi connectivity index (χ0n) is 19.3. The number of carbonyl (C=O) groups is 1. The van der Waals surface area contributed by atoms with E-state index in [9.17, 15) is 4.79 Å². The van der Waals surface area contributed by atoms with Crippen LogP contribution in [0.25, 0.3) is 22.2 Å². The number of hydrogen-bond donors (Lipinski definition) is 1. The van der Waals surface area contributed by atoms with Gasteiger partial charge in [0.2, 0.25) is 0 Å². The molecule has 1 aromatic heterocycles. The summed E-state index contributed by atoms with van der Waals surface area (Å²) in [6.07, 6.45) is 1.64. The summed E-state index contributed by atoms with van der Waals surface area (Å²) in [4.78, 5) is 17.2. The van der Waals surface area contributed by atoms with Gasteiger partial charge in [-0.1, -0.05) is 108 Å². The molecule has 0 unspecified atom stereocenters. The molecule has 4 aromatic carbocycles. The summed E-state index contributed by atoms with van der Waals surface area (Å²) in [5.41, 5.74) is 8.68. The molecule has 5 rings (SSSR count). The lowest BCUT2D eigenvalue weighted by Crippen LogP contribution is -2.20. The first-order valence-corrected chi connectivity index (χ1v) is 12.8. The molecular weight excluding hydrogens is 488 g/mol. The number of thioether (sulfide) groups is 1. The molecule has 5 aromatic rings. The van der Waals surface area contributed by atoms with Crippen LogP contribution in [0.4, 0.5) is 0 Å². The number of nitrogens with zero attached hydrogens (tertiary/aromatic N) is 3. The number of aromatic nitrogens is 2. The number of hydrogen-bond acceptors (Lipinski definition) is 4. The summed E-state index contributed by atoms with van der Waals surface area (Å²) in [5.74, 6) is -0.00985. The van der Waals surface area contributed by atoms with Crippen molar-refractivity contribution >= 4 is 46.5 Å². The molecular formula is C29H23ClN4OS. The van der Waals surface area contributed by atoms with Crippen LogP contribution in [0.15, 0.2) is 113 Å². The highest BCUT2D eigenvalue weighted by atomic mass is 35.5. The predicted molar refractivity (Wildman–Crippen MR) is 149 cm³/mol. The molecule has 7 heteroatoms. The number of fused-ring (bicyclic) bond motifs is 1. The van der Waals surface area contributed by atoms with Crippen molar-refractivity contribution < 1.29 is 4.79 Å². The van der Waals surface area contributed by atoms with Gasteiger partial charge in [0.15, 0.2) is 5.16 Å². The lowest BCUT2D eigenvalue weighted by Gasteiger charge is -2.10. The molecule has 0 spiro atoms. The van der Waals surface area contributed by atoms with Crippen LogP contribution < -0.4 is 5.43 Å². The van der Waals surface area contributed by atoms with Crippen LogP contribution in [0.3, 0.4) is 0 Å². The van der Waals surface area contributed by atoms with Crippen LogP contribution in [-0.2, 0) is 11.3 Å². The van der Waals surface area contributed by atoms with E-state index in [0.717, 1.165) is 38.4 Å². The molecule has 1 heterocycles. The van der Waals surface area contributed by atoms with Crippen molar-refractivity contribution in [1.82, 2.24) is 15.0 Å². The lowest BCUT2D eigenvalue weighted by atomic mass is 10.0. The third-order valence-corrected chi connectivity index (χ3v) is 7.00. The first kappa shape index (κ1) is 23.9. The summed E-state index contributed by atoms with van der Waals surface area (Å²) in [6.45, 7) is 0.571. The number of benzene rings is 4. The van der Waals surface area contributed by atoms with Gasteiger partial charge in [-0.15, -0.1) is 0 Å². The topological polar surface area (TPSA) is 59.3 Å². The Morgan fingerprint density at radius 1 is 0.889 bits per heavy atom. The molecule has 0 saturated heterocycles. The molecule has 0 fully saturated rings. The van der Waals surface area contributed by atoms with Crippen molar-refractivity contribution in [3.63, 3.8) is 0 Å². The minimum Gasteiger partial charge on any atom is -0.314 e. The molecule has 36 heavy (non-hydrogen) atoms. The number of para-hydroxylation sites is 2. The Balaban J connectivity index is 1.22. The minimum absolute atomic E-state index is 0.191. The van der Waals surface area contributed by atoms with Gasteiger partial charge in [-0.3, -0.25) is 4.79 Å². The highest BCUT2D eigenvalue weighted by Gasteiger charge is 2.14. The Morgan fingerprint density at radius 3 is 2.39 bits per heavy atom. The summed E-state index contributed by atoms with van der Waals surface area (Å²) in [6, 6.07) is 33.9. The van der Waals surface area contributed by atoms with E-state index in [1.165, 1.54) is 11.8 Å². The van der Waals surface area contributed by atoms with E-state index in [2.05, 4.69) is 27.2 Å². The molecule has 0 aliphatic carbocycles. The average molecular weight is 511 g/mol. The van der Waals surface area contributed by atoms with Gasteiger partial charge in [0.25, 0.3) is 5.91 Å². The summed E-state index contributed by atoms with van der Waals surface area (Å²) >= 11 is 7.77. The van der Waals surface area contributed by atoms with E-state index in [0.29, 0.717) is 11.6 Å². The monoisotopic (exact) mass is 510 g/mol. The Morgan fingerprint density at radius 2 is 1.58 bits per heavy atom. The quantitative estimate of drug-likeness (QED) is 0.144. The van der Waals surface area contributed by atoms with Crippen molar-refractivity contribution in [3.05, 3.63) is 119 Å². The second kappa shape index (κ2) is 11.2. The SMILES string of the molecule is O=C(CSc1nc2ccccc2n1Cc1ccccc1Cl)NN=Cc1ccc(-c2ccccc2)cc1. The Kier molecular flexibility index (Phi) is 7.45. The van der Waals surface area contributed by atoms with Crippen molar-refractivity contribution in [2.24, 2.45) is 5.10 Å². The molecule has 178 valence electrons. The van der Waals surface area contributed by atoms with Gasteiger partial charge in [-0.2, -0.15) is 5.10 Å². The van der Waals surface area contributed by atoms with Crippen molar-refractivity contribution in [1.29, 1.82) is 0 Å². The smallest absolute Gasteiger partial charge is 0.250 e. The van der Waals surface area contributed by atoms with Gasteiger partial charge in [0.05, 0.1) is 29.5 Å². The maximum atomic E-state index is 12.5. The van der Waals surface area contributed by atoms with Crippen LogP contribution in [0, 0.1) is 0 Å². The van der Waals surface area contributed by atoms with E-state index in [1.807, 2.05) is 91.0 Å². The standard InChI is InChI=1S/C29H23ClN4OS/c30-25-11-5-4-10-24(25)19-34-27-13-7-6-12-26(27)32-29(34)36-20-28(35)33-31-18-21-14-16-23(17-15-21)22-8-2-1-3-9-22/h1-18H,19-20H2,(H,33,35). The van der Waals surface area contributed by atoms with Crippen LogP contribution in [0.1, 0.15) is 11.1 Å². The Labute approximate surface area is 218 Å². The van der Waals surface area contributed by atoms with Gasteiger partial charge in [0, 0.05) is 5.02 Å². The fourth-order valence-corrected chi connectivity index (χ4v) is 4.85. The minimum atomic E-state index is -0.200. The average Bonchev–Trinajstić information content (AvgIpc) is 3.27. The van der Waals surface area contributed by atoms with Gasteiger partial charge in [-0.05, 0) is 40.5 Å². The molecule has 5 nitrogen and oxygen atoms in total. The summed E-state index contributed by atoms with van der Waals surface area (Å²) in [7, 11) is 0. The number of amides is 1. The third-order valence-electron chi connectivity index (χ3n) is 5.66. The highest BCUT2D eigenvalue weighted by Crippen LogP contribution is 2.27. The largest absolute Gasteiger partial charge is 0.314 e. The number of imidazole rings is 1. The number of hydrazone groups is 1. The maximum Gasteiger partial charge on any atom is 0.250 e. The van der Waals surface area contributed by atoms with E-state index >= 15 is 0 Å². The lowest BCUT2D eigenvalue weighted by molar-refractivity contribution is -0.118. The number of nitrogens with one attached hydrogen (secondary N) is 1. The predicted octanol–water partition coefficient (Wildman–Crippen LogP) is 6.65. The number of carbonyl (C=O) groups excluding carboxylic acids is 1. The third kappa shape index (κ3) is 5.67. The van der Waals surface area contributed by atoms with E-state index < -0.39 is 0 Å². The Hall–Kier alpha value is -3.87. The van der Waals surface area contributed by atoms with Gasteiger partial charge < -0.3 is 4.57 Å². The normalized spacial score (nSPS) is 11.2. The Bertz CT molecular complexity index is 1510. The van der Waals surface area contributed by atoms with E-state index in [4.69, 9.17) is 16.6 Å². The van der Waals surface area contributed by atoms with E-state index in [-0.39, 0.29) is 11.7 Å². The number of halogens is 1. The van der Waals surface area contributed by atoms with Crippen LogP contribution >= 0.6 is 23.4 Å². The van der Waals surface area contributed by atoms with Crippen molar-refractivity contribution in [3.8, 4) is 11.1 Å². The fraction of sp³-hybridized carbons (Fsp3) is 0.0690. The van der Waals surface area contributed by atoms with Crippen LogP contribution in [-0.4, -0.2) is 27.4 Å². The van der Waals surface area contributed by atoms with Crippen molar-refractivity contribution in [2.75, 3.05) is 5.75 Å². The molecule has 0 radical (unpaired) electrons. The van der Waals surface area contributed by atoms with Gasteiger partial charge in [0.1, 0.15) is 0 Å². The highest BCUT2D eigenvalue weighted by molar-refractivity contribution is 7.99. The summed E-state index contributed by atoms with van der Waals surface area (Å²) in [5, 5.41) is 5.58. The second-order valence-corrected chi connectivity index (χ2v) is 9.48. The van der Waals surface area contributed by atoms with Gasteiger partial charge >= 0.3 is 0 Å². The van der Waals surface area contributed by atoms with Gasteiger partial charge in [-0.25, -0.2) is 10.4 Å². The summed E-state index contributed by atoms with van der Waals surface area (Å²) < 4.78 is 2.09. The molecule has 0 aliphatic heterocycles. The second-order valence-electron chi connectivity index (χ2n) is 8.13. The number of rotatable bonds is 8. The first-order valence-electron chi connectivity index (χ1n) is 11.5. The van der Waals surface area contributed by atoms with E-state index in [1.54, 1.807) is 6.21 Å². The molecule has 1 amide bonds. The molecule has 0 aliphatic rings. The molecule has 0 saturated carbocycles. The first-order chi connectivity index (χ1) is 17.7. The zero-order valence-corrected chi connectivity index (χ0v) is 20.9. The fourth-order valence-electron chi connectivity index (χ4n) is 3.85. The van der Waals surface area contributed by atoms with Crippen LogP contribution in [0.2, 0.25) is 5.02 Å². The molecule has 1 N–H and O–H groups in total. The zero-order chi connectivity index (χ0) is 24.7. The molecule has 0 bridgehead atoms. The van der Waals surface area contributed by atoms with Crippen molar-refractivity contribution in [2.45, 2.75) is 11.7 Å². The maximum absolute atomic E-state index is 12.5.